The second-order valence-electron chi connectivity index (χ2n) is 4.01. The minimum absolute atomic E-state index is 0.222. The zero-order chi connectivity index (χ0) is 15.5. The normalized spacial score (nSPS) is 11.0. The Hall–Kier alpha value is -2.57. The molecule has 0 saturated heterocycles. The first-order chi connectivity index (χ1) is 9.89. The number of halogens is 3. The van der Waals surface area contributed by atoms with Crippen LogP contribution in [0.4, 0.5) is 13.2 Å². The van der Waals surface area contributed by atoms with Crippen LogP contribution in [0, 0.1) is 0 Å². The molecule has 110 valence electrons. The molecule has 0 bridgehead atoms. The molecular formula is C14H10F3NO3. The Labute approximate surface area is 118 Å². The van der Waals surface area contributed by atoms with E-state index in [1.165, 1.54) is 37.7 Å². The molecule has 4 nitrogen and oxygen atoms in total. The summed E-state index contributed by atoms with van der Waals surface area (Å²) in [6.07, 6.45) is -1.97. The Morgan fingerprint density at radius 1 is 1.05 bits per heavy atom. The number of methoxy groups -OCH3 is 1. The van der Waals surface area contributed by atoms with Crippen molar-refractivity contribution in [2.45, 2.75) is 6.36 Å². The predicted octanol–water partition coefficient (Wildman–Crippen LogP) is 3.22. The molecule has 0 aliphatic rings. The fourth-order valence-corrected chi connectivity index (χ4v) is 1.63. The third-order valence-electron chi connectivity index (χ3n) is 2.56. The highest BCUT2D eigenvalue weighted by molar-refractivity contribution is 6.09. The molecule has 0 saturated carbocycles. The van der Waals surface area contributed by atoms with E-state index in [0.29, 0.717) is 5.75 Å². The minimum Gasteiger partial charge on any atom is -0.495 e. The summed E-state index contributed by atoms with van der Waals surface area (Å²) in [6.45, 7) is 0. The van der Waals surface area contributed by atoms with Gasteiger partial charge in [-0.3, -0.25) is 9.78 Å². The van der Waals surface area contributed by atoms with Crippen LogP contribution >= 0.6 is 0 Å². The minimum atomic E-state index is -4.76. The van der Waals surface area contributed by atoms with E-state index >= 15 is 0 Å². The van der Waals surface area contributed by atoms with Crippen LogP contribution in [-0.2, 0) is 0 Å². The summed E-state index contributed by atoms with van der Waals surface area (Å²) in [5, 5.41) is 0. The van der Waals surface area contributed by atoms with Gasteiger partial charge in [0.25, 0.3) is 0 Å². The van der Waals surface area contributed by atoms with Crippen molar-refractivity contribution in [1.29, 1.82) is 0 Å². The van der Waals surface area contributed by atoms with Crippen molar-refractivity contribution in [3.05, 3.63) is 53.9 Å². The summed E-state index contributed by atoms with van der Waals surface area (Å²) < 4.78 is 44.8. The van der Waals surface area contributed by atoms with Gasteiger partial charge >= 0.3 is 6.36 Å². The van der Waals surface area contributed by atoms with Crippen LogP contribution in [-0.4, -0.2) is 24.2 Å². The number of ketones is 1. The fraction of sp³-hybridized carbons (Fsp3) is 0.143. The molecule has 0 fully saturated rings. The van der Waals surface area contributed by atoms with Crippen LogP contribution in [0.1, 0.15) is 15.9 Å². The molecule has 0 aliphatic carbocycles. The van der Waals surface area contributed by atoms with Gasteiger partial charge in [-0.25, -0.2) is 0 Å². The van der Waals surface area contributed by atoms with Gasteiger partial charge in [0, 0.05) is 17.3 Å². The Balaban J connectivity index is 2.19. The molecule has 0 atom stereocenters. The average molecular weight is 297 g/mol. The first kappa shape index (κ1) is 14.8. The van der Waals surface area contributed by atoms with E-state index in [4.69, 9.17) is 4.74 Å². The third-order valence-corrected chi connectivity index (χ3v) is 2.56. The number of benzene rings is 1. The van der Waals surface area contributed by atoms with Gasteiger partial charge in [0.2, 0.25) is 0 Å². The number of alkyl halides is 3. The van der Waals surface area contributed by atoms with E-state index in [9.17, 15) is 18.0 Å². The largest absolute Gasteiger partial charge is 0.573 e. The van der Waals surface area contributed by atoms with Crippen LogP contribution < -0.4 is 9.47 Å². The van der Waals surface area contributed by atoms with Crippen LogP contribution in [0.3, 0.4) is 0 Å². The highest BCUT2D eigenvalue weighted by atomic mass is 19.4. The number of hydrogen-bond donors (Lipinski definition) is 0. The molecule has 1 aromatic heterocycles. The fourth-order valence-electron chi connectivity index (χ4n) is 1.63. The molecule has 1 aromatic carbocycles. The Bertz CT molecular complexity index is 639. The lowest BCUT2D eigenvalue weighted by Gasteiger charge is -2.09. The lowest BCUT2D eigenvalue weighted by atomic mass is 10.0. The van der Waals surface area contributed by atoms with E-state index in [2.05, 4.69) is 9.72 Å². The van der Waals surface area contributed by atoms with Gasteiger partial charge in [-0.15, -0.1) is 13.2 Å². The van der Waals surface area contributed by atoms with Crippen LogP contribution in [0.15, 0.2) is 42.7 Å². The molecule has 0 unspecified atom stereocenters. The van der Waals surface area contributed by atoms with Crippen molar-refractivity contribution in [2.75, 3.05) is 7.11 Å². The number of ether oxygens (including phenoxy) is 2. The monoisotopic (exact) mass is 297 g/mol. The lowest BCUT2D eigenvalue weighted by molar-refractivity contribution is -0.274. The number of hydrogen-bond acceptors (Lipinski definition) is 4. The molecule has 0 amide bonds. The van der Waals surface area contributed by atoms with E-state index < -0.39 is 6.36 Å². The third kappa shape index (κ3) is 3.95. The number of pyridine rings is 1. The van der Waals surface area contributed by atoms with Gasteiger partial charge in [-0.05, 0) is 30.3 Å². The lowest BCUT2D eigenvalue weighted by Crippen LogP contribution is -2.17. The second kappa shape index (κ2) is 5.82. The molecule has 7 heteroatoms. The van der Waals surface area contributed by atoms with Gasteiger partial charge in [0.05, 0.1) is 13.3 Å². The number of carbonyl (C=O) groups is 1. The number of aromatic nitrogens is 1. The molecule has 21 heavy (non-hydrogen) atoms. The Morgan fingerprint density at radius 2 is 1.71 bits per heavy atom. The van der Waals surface area contributed by atoms with Gasteiger partial charge in [-0.2, -0.15) is 0 Å². The number of carbonyl (C=O) groups excluding carboxylic acids is 1. The van der Waals surface area contributed by atoms with E-state index in [1.807, 2.05) is 0 Å². The first-order valence-electron chi connectivity index (χ1n) is 5.78. The number of nitrogens with zero attached hydrogens (tertiary/aromatic N) is 1. The SMILES string of the molecule is COc1cncc(C(=O)c2ccc(OC(F)(F)F)cc2)c1. The van der Waals surface area contributed by atoms with Crippen molar-refractivity contribution in [1.82, 2.24) is 4.98 Å². The Kier molecular flexibility index (Phi) is 4.11. The van der Waals surface area contributed by atoms with Crippen LogP contribution in [0.5, 0.6) is 11.5 Å². The summed E-state index contributed by atoms with van der Waals surface area (Å²) in [5.41, 5.74) is 0.499. The number of rotatable bonds is 4. The van der Waals surface area contributed by atoms with E-state index in [1.54, 1.807) is 0 Å². The summed E-state index contributed by atoms with van der Waals surface area (Å²) in [7, 11) is 1.44. The van der Waals surface area contributed by atoms with Gasteiger partial charge in [0.1, 0.15) is 11.5 Å². The summed E-state index contributed by atoms with van der Waals surface area (Å²) in [4.78, 5) is 16.0. The van der Waals surface area contributed by atoms with Gasteiger partial charge in [0.15, 0.2) is 5.78 Å². The maximum Gasteiger partial charge on any atom is 0.573 e. The van der Waals surface area contributed by atoms with Gasteiger partial charge < -0.3 is 9.47 Å². The second-order valence-corrected chi connectivity index (χ2v) is 4.01. The van der Waals surface area contributed by atoms with Gasteiger partial charge in [-0.1, -0.05) is 0 Å². The summed E-state index contributed by atoms with van der Waals surface area (Å²) in [6, 6.07) is 6.16. The van der Waals surface area contributed by atoms with E-state index in [0.717, 1.165) is 12.1 Å². The van der Waals surface area contributed by atoms with E-state index in [-0.39, 0.29) is 22.7 Å². The van der Waals surface area contributed by atoms with Crippen molar-refractivity contribution in [3.63, 3.8) is 0 Å². The smallest absolute Gasteiger partial charge is 0.495 e. The van der Waals surface area contributed by atoms with Crippen molar-refractivity contribution in [2.24, 2.45) is 0 Å². The van der Waals surface area contributed by atoms with Crippen molar-refractivity contribution < 1.29 is 27.4 Å². The van der Waals surface area contributed by atoms with Crippen LogP contribution in [0.25, 0.3) is 0 Å². The highest BCUT2D eigenvalue weighted by Gasteiger charge is 2.31. The zero-order valence-electron chi connectivity index (χ0n) is 10.8. The highest BCUT2D eigenvalue weighted by Crippen LogP contribution is 2.23. The molecule has 0 spiro atoms. The van der Waals surface area contributed by atoms with Crippen LogP contribution in [0.2, 0.25) is 0 Å². The molecule has 0 aliphatic heterocycles. The van der Waals surface area contributed by atoms with Crippen molar-refractivity contribution >= 4 is 5.78 Å². The summed E-state index contributed by atoms with van der Waals surface area (Å²) in [5.74, 6) is -0.347. The molecule has 0 N–H and O–H groups in total. The van der Waals surface area contributed by atoms with Crippen molar-refractivity contribution in [3.8, 4) is 11.5 Å². The topological polar surface area (TPSA) is 48.4 Å². The first-order valence-corrected chi connectivity index (χ1v) is 5.78. The average Bonchev–Trinajstić information content (AvgIpc) is 2.46. The Morgan fingerprint density at radius 3 is 2.29 bits per heavy atom. The predicted molar refractivity (Wildman–Crippen MR) is 67.3 cm³/mol. The molecule has 2 aromatic rings. The summed E-state index contributed by atoms with van der Waals surface area (Å²) >= 11 is 0. The quantitative estimate of drug-likeness (QED) is 0.813. The maximum absolute atomic E-state index is 12.2. The standard InChI is InChI=1S/C14H10F3NO3/c1-20-12-6-10(7-18-8-12)13(19)9-2-4-11(5-3-9)21-14(15,16)17/h2-8H,1H3. The molecule has 1 heterocycles. The molecular weight excluding hydrogens is 287 g/mol. The zero-order valence-corrected chi connectivity index (χ0v) is 10.8. The molecule has 0 radical (unpaired) electrons. The molecule has 2 rings (SSSR count). The maximum atomic E-state index is 12.2.